The van der Waals surface area contributed by atoms with Gasteiger partial charge in [0.25, 0.3) is 5.91 Å². The van der Waals surface area contributed by atoms with Crippen molar-refractivity contribution in [2.24, 2.45) is 0 Å². The van der Waals surface area contributed by atoms with Gasteiger partial charge >= 0.3 is 6.03 Å². The van der Waals surface area contributed by atoms with Crippen LogP contribution in [-0.4, -0.2) is 19.0 Å². The van der Waals surface area contributed by atoms with E-state index in [0.29, 0.717) is 23.6 Å². The lowest BCUT2D eigenvalue weighted by atomic mass is 10.1. The first-order valence-corrected chi connectivity index (χ1v) is 10.2. The number of urea groups is 1. The number of ether oxygens (including phenoxy) is 1. The summed E-state index contributed by atoms with van der Waals surface area (Å²) in [6.45, 7) is 4.39. The summed E-state index contributed by atoms with van der Waals surface area (Å²) >= 11 is 0. The molecule has 0 saturated carbocycles. The zero-order valence-electron chi connectivity index (χ0n) is 18.0. The SMILES string of the molecule is CCc1ccccc1NC(=O)NCc1ccc(Oc2cccc(C(=O)NC)c2)c(C)c1. The van der Waals surface area contributed by atoms with Gasteiger partial charge in [-0.1, -0.05) is 43.3 Å². The van der Waals surface area contributed by atoms with Crippen LogP contribution < -0.4 is 20.7 Å². The van der Waals surface area contributed by atoms with Gasteiger partial charge in [-0.2, -0.15) is 0 Å². The maximum atomic E-state index is 12.3. The largest absolute Gasteiger partial charge is 0.457 e. The minimum Gasteiger partial charge on any atom is -0.457 e. The molecule has 0 spiro atoms. The van der Waals surface area contributed by atoms with E-state index in [2.05, 4.69) is 22.9 Å². The summed E-state index contributed by atoms with van der Waals surface area (Å²) in [5.74, 6) is 1.12. The lowest BCUT2D eigenvalue weighted by Crippen LogP contribution is -2.28. The van der Waals surface area contributed by atoms with E-state index >= 15 is 0 Å². The molecule has 0 aliphatic carbocycles. The summed E-state index contributed by atoms with van der Waals surface area (Å²) in [7, 11) is 1.59. The fourth-order valence-electron chi connectivity index (χ4n) is 3.21. The van der Waals surface area contributed by atoms with Crippen LogP contribution in [0.15, 0.2) is 66.7 Å². The summed E-state index contributed by atoms with van der Waals surface area (Å²) in [6, 6.07) is 20.3. The summed E-state index contributed by atoms with van der Waals surface area (Å²) in [5, 5.41) is 8.39. The van der Waals surface area contributed by atoms with Crippen LogP contribution in [0.1, 0.15) is 34.0 Å². The fraction of sp³-hybridized carbons (Fsp3) is 0.200. The first kappa shape index (κ1) is 21.9. The van der Waals surface area contributed by atoms with Gasteiger partial charge in [-0.3, -0.25) is 4.79 Å². The maximum absolute atomic E-state index is 12.3. The highest BCUT2D eigenvalue weighted by molar-refractivity contribution is 5.94. The van der Waals surface area contributed by atoms with Crippen molar-refractivity contribution in [1.29, 1.82) is 0 Å². The zero-order chi connectivity index (χ0) is 22.2. The van der Waals surface area contributed by atoms with Gasteiger partial charge < -0.3 is 20.7 Å². The number of para-hydroxylation sites is 1. The second-order valence-electron chi connectivity index (χ2n) is 7.13. The second kappa shape index (κ2) is 10.3. The van der Waals surface area contributed by atoms with E-state index in [1.807, 2.05) is 49.4 Å². The molecule has 31 heavy (non-hydrogen) atoms. The van der Waals surface area contributed by atoms with E-state index in [4.69, 9.17) is 4.74 Å². The number of carbonyl (C=O) groups excluding carboxylic acids is 2. The number of aryl methyl sites for hydroxylation is 2. The van der Waals surface area contributed by atoms with Crippen LogP contribution in [0.3, 0.4) is 0 Å². The molecule has 6 heteroatoms. The molecule has 0 atom stereocenters. The third-order valence-corrected chi connectivity index (χ3v) is 4.89. The Labute approximate surface area is 182 Å². The van der Waals surface area contributed by atoms with Crippen molar-refractivity contribution < 1.29 is 14.3 Å². The van der Waals surface area contributed by atoms with Gasteiger partial charge in [0.1, 0.15) is 11.5 Å². The molecule has 3 N–H and O–H groups in total. The predicted molar refractivity (Wildman–Crippen MR) is 123 cm³/mol. The summed E-state index contributed by atoms with van der Waals surface area (Å²) in [6.07, 6.45) is 0.850. The van der Waals surface area contributed by atoms with E-state index in [0.717, 1.165) is 28.8 Å². The molecule has 0 aromatic heterocycles. The van der Waals surface area contributed by atoms with Crippen molar-refractivity contribution >= 4 is 17.6 Å². The number of carbonyl (C=O) groups is 2. The number of nitrogens with one attached hydrogen (secondary N) is 3. The molecule has 0 fully saturated rings. The minimum absolute atomic E-state index is 0.163. The highest BCUT2D eigenvalue weighted by Crippen LogP contribution is 2.26. The van der Waals surface area contributed by atoms with E-state index in [-0.39, 0.29) is 11.9 Å². The number of anilines is 1. The third-order valence-electron chi connectivity index (χ3n) is 4.89. The predicted octanol–water partition coefficient (Wildman–Crippen LogP) is 5.03. The molecule has 0 saturated heterocycles. The summed E-state index contributed by atoms with van der Waals surface area (Å²) in [5.41, 5.74) is 4.34. The van der Waals surface area contributed by atoms with E-state index in [9.17, 15) is 9.59 Å². The molecule has 160 valence electrons. The highest BCUT2D eigenvalue weighted by Gasteiger charge is 2.09. The van der Waals surface area contributed by atoms with Crippen molar-refractivity contribution in [1.82, 2.24) is 10.6 Å². The standard InChI is InChI=1S/C25H27N3O3/c1-4-19-8-5-6-11-22(19)28-25(30)27-16-18-12-13-23(17(2)14-18)31-21-10-7-9-20(15-21)24(29)26-3/h5-15H,4,16H2,1-3H3,(H,26,29)(H2,27,28,30). The summed E-state index contributed by atoms with van der Waals surface area (Å²) < 4.78 is 5.95. The normalized spacial score (nSPS) is 10.3. The van der Waals surface area contributed by atoms with E-state index in [1.165, 1.54) is 0 Å². The molecule has 6 nitrogen and oxygen atoms in total. The molecule has 0 heterocycles. The van der Waals surface area contributed by atoms with Crippen LogP contribution in [0, 0.1) is 6.92 Å². The smallest absolute Gasteiger partial charge is 0.319 e. The summed E-state index contributed by atoms with van der Waals surface area (Å²) in [4.78, 5) is 24.1. The third kappa shape index (κ3) is 5.85. The quantitative estimate of drug-likeness (QED) is 0.504. The Morgan fingerprint density at radius 1 is 0.968 bits per heavy atom. The lowest BCUT2D eigenvalue weighted by Gasteiger charge is -2.13. The molecule has 3 amide bonds. The van der Waals surface area contributed by atoms with Gasteiger partial charge in [-0.25, -0.2) is 4.79 Å². The highest BCUT2D eigenvalue weighted by atomic mass is 16.5. The van der Waals surface area contributed by atoms with Crippen LogP contribution >= 0.6 is 0 Å². The van der Waals surface area contributed by atoms with Crippen LogP contribution in [0.5, 0.6) is 11.5 Å². The molecule has 3 aromatic carbocycles. The molecule has 3 aromatic rings. The van der Waals surface area contributed by atoms with Crippen LogP contribution in [-0.2, 0) is 13.0 Å². The Balaban J connectivity index is 1.60. The Hall–Kier alpha value is -3.80. The minimum atomic E-state index is -0.245. The average molecular weight is 418 g/mol. The number of benzene rings is 3. The second-order valence-corrected chi connectivity index (χ2v) is 7.13. The van der Waals surface area contributed by atoms with Crippen molar-refractivity contribution in [3.8, 4) is 11.5 Å². The molecular weight excluding hydrogens is 390 g/mol. The Bertz CT molecular complexity index is 1080. The monoisotopic (exact) mass is 417 g/mol. The Kier molecular flexibility index (Phi) is 7.27. The van der Waals surface area contributed by atoms with E-state index in [1.54, 1.807) is 31.3 Å². The maximum Gasteiger partial charge on any atom is 0.319 e. The molecule has 0 radical (unpaired) electrons. The van der Waals surface area contributed by atoms with Crippen LogP contribution in [0.4, 0.5) is 10.5 Å². The number of amides is 3. The van der Waals surface area contributed by atoms with Crippen molar-refractivity contribution in [2.45, 2.75) is 26.8 Å². The van der Waals surface area contributed by atoms with E-state index < -0.39 is 0 Å². The van der Waals surface area contributed by atoms with Gasteiger partial charge in [-0.05, 0) is 60.4 Å². The first-order chi connectivity index (χ1) is 15.0. The number of hydrogen-bond acceptors (Lipinski definition) is 3. The van der Waals surface area contributed by atoms with Crippen molar-refractivity contribution in [3.05, 3.63) is 89.0 Å². The van der Waals surface area contributed by atoms with Crippen LogP contribution in [0.2, 0.25) is 0 Å². The van der Waals surface area contributed by atoms with Crippen molar-refractivity contribution in [3.63, 3.8) is 0 Å². The molecule has 0 bridgehead atoms. The number of rotatable bonds is 7. The van der Waals surface area contributed by atoms with Crippen LogP contribution in [0.25, 0.3) is 0 Å². The van der Waals surface area contributed by atoms with Crippen molar-refractivity contribution in [2.75, 3.05) is 12.4 Å². The topological polar surface area (TPSA) is 79.5 Å². The molecule has 0 aliphatic heterocycles. The zero-order valence-corrected chi connectivity index (χ0v) is 18.0. The Morgan fingerprint density at radius 2 is 1.77 bits per heavy atom. The first-order valence-electron chi connectivity index (χ1n) is 10.2. The molecule has 3 rings (SSSR count). The molecular formula is C25H27N3O3. The van der Waals surface area contributed by atoms with Gasteiger partial charge in [0.05, 0.1) is 0 Å². The number of hydrogen-bond donors (Lipinski definition) is 3. The molecule has 0 unspecified atom stereocenters. The molecule has 0 aliphatic rings. The van der Waals surface area contributed by atoms with Gasteiger partial charge in [-0.15, -0.1) is 0 Å². The Morgan fingerprint density at radius 3 is 2.52 bits per heavy atom. The van der Waals surface area contributed by atoms with Gasteiger partial charge in [0, 0.05) is 24.8 Å². The van der Waals surface area contributed by atoms with Gasteiger partial charge in [0.2, 0.25) is 0 Å². The fourth-order valence-corrected chi connectivity index (χ4v) is 3.21. The van der Waals surface area contributed by atoms with Gasteiger partial charge in [0.15, 0.2) is 0 Å². The lowest BCUT2D eigenvalue weighted by molar-refractivity contribution is 0.0962. The average Bonchev–Trinajstić information content (AvgIpc) is 2.79.